The van der Waals surface area contributed by atoms with Crippen LogP contribution in [-0.2, 0) is 25.8 Å². The first-order valence-corrected chi connectivity index (χ1v) is 11.6. The van der Waals surface area contributed by atoms with E-state index in [-0.39, 0.29) is 0 Å². The molecule has 3 aromatic rings. The van der Waals surface area contributed by atoms with Crippen molar-refractivity contribution in [3.05, 3.63) is 52.2 Å². The number of nitrogens with zero attached hydrogens (tertiary/aromatic N) is 4. The number of fused-ring (bicyclic) bond motifs is 3. The van der Waals surface area contributed by atoms with Crippen molar-refractivity contribution in [2.45, 2.75) is 38.6 Å². The van der Waals surface area contributed by atoms with Crippen LogP contribution in [-0.4, -0.2) is 52.5 Å². The molecule has 1 aromatic carbocycles. The molecule has 0 unspecified atom stereocenters. The Hall–Kier alpha value is -2.02. The van der Waals surface area contributed by atoms with Gasteiger partial charge in [0.05, 0.1) is 11.9 Å². The van der Waals surface area contributed by atoms with Crippen LogP contribution in [0.2, 0.25) is 0 Å². The lowest BCUT2D eigenvalue weighted by atomic mass is 9.97. The van der Waals surface area contributed by atoms with Gasteiger partial charge in [-0.1, -0.05) is 30.3 Å². The van der Waals surface area contributed by atoms with Gasteiger partial charge >= 0.3 is 0 Å². The first-order chi connectivity index (χ1) is 14.3. The molecule has 1 saturated heterocycles. The van der Waals surface area contributed by atoms with Gasteiger partial charge in [-0.25, -0.2) is 9.97 Å². The number of nitrogens with two attached hydrogens (primary N) is 1. The Labute approximate surface area is 176 Å². The third-order valence-electron chi connectivity index (χ3n) is 6.28. The summed E-state index contributed by atoms with van der Waals surface area (Å²) in [5.74, 6) is 1.57. The summed E-state index contributed by atoms with van der Waals surface area (Å²) in [6.07, 6.45) is 5.98. The third-order valence-corrected chi connectivity index (χ3v) is 7.46. The Morgan fingerprint density at radius 3 is 2.52 bits per heavy atom. The minimum absolute atomic E-state index is 0.686. The number of piperazine rings is 1. The Morgan fingerprint density at radius 2 is 1.69 bits per heavy atom. The van der Waals surface area contributed by atoms with E-state index in [1.165, 1.54) is 35.3 Å². The summed E-state index contributed by atoms with van der Waals surface area (Å²) >= 11 is 1.84. The summed E-state index contributed by atoms with van der Waals surface area (Å²) in [5.41, 5.74) is 9.22. The lowest BCUT2D eigenvalue weighted by Crippen LogP contribution is -2.46. The number of anilines is 1. The third kappa shape index (κ3) is 4.15. The second-order valence-electron chi connectivity index (χ2n) is 8.27. The highest BCUT2D eigenvalue weighted by molar-refractivity contribution is 7.19. The maximum Gasteiger partial charge on any atom is 0.146 e. The number of benzene rings is 1. The van der Waals surface area contributed by atoms with Crippen molar-refractivity contribution in [1.82, 2.24) is 19.8 Å². The molecule has 29 heavy (non-hydrogen) atoms. The Bertz CT molecular complexity index is 976. The largest absolute Gasteiger partial charge is 0.383 e. The van der Waals surface area contributed by atoms with Crippen molar-refractivity contribution in [2.75, 3.05) is 38.5 Å². The number of thiophene rings is 1. The van der Waals surface area contributed by atoms with Crippen LogP contribution in [0.15, 0.2) is 30.3 Å². The summed E-state index contributed by atoms with van der Waals surface area (Å²) in [7, 11) is 0. The molecule has 0 radical (unpaired) electrons. The Morgan fingerprint density at radius 1 is 0.931 bits per heavy atom. The second-order valence-corrected chi connectivity index (χ2v) is 9.35. The standard InChI is InChI=1S/C23H29N5S/c24-22-21-18-8-4-5-9-19(18)29-23(21)26-20(25-22)16-28-14-12-27(13-15-28)11-10-17-6-2-1-3-7-17/h1-3,6-7H,4-5,8-16H2,(H2,24,25,26). The molecule has 1 aliphatic carbocycles. The molecule has 0 atom stereocenters. The van der Waals surface area contributed by atoms with Crippen molar-refractivity contribution in [3.8, 4) is 0 Å². The molecular formula is C23H29N5S. The van der Waals surface area contributed by atoms with Crippen LogP contribution in [0.5, 0.6) is 0 Å². The summed E-state index contributed by atoms with van der Waals surface area (Å²) in [6.45, 7) is 6.28. The SMILES string of the molecule is Nc1nc(CN2CCN(CCc3ccccc3)CC2)nc2sc3c(c12)CCCC3. The average molecular weight is 408 g/mol. The highest BCUT2D eigenvalue weighted by atomic mass is 32.1. The maximum atomic E-state index is 6.38. The molecule has 0 amide bonds. The van der Waals surface area contributed by atoms with E-state index in [9.17, 15) is 0 Å². The number of hydrogen-bond acceptors (Lipinski definition) is 6. The highest BCUT2D eigenvalue weighted by Gasteiger charge is 2.22. The molecule has 152 valence electrons. The zero-order chi connectivity index (χ0) is 19.6. The fourth-order valence-electron chi connectivity index (χ4n) is 4.61. The monoisotopic (exact) mass is 407 g/mol. The number of aromatic nitrogens is 2. The number of hydrogen-bond donors (Lipinski definition) is 1. The van der Waals surface area contributed by atoms with Gasteiger partial charge in [-0.15, -0.1) is 11.3 Å². The quantitative estimate of drug-likeness (QED) is 0.701. The fraction of sp³-hybridized carbons (Fsp3) is 0.478. The summed E-state index contributed by atoms with van der Waals surface area (Å²) in [4.78, 5) is 17.2. The second kappa shape index (κ2) is 8.38. The molecule has 5 rings (SSSR count). The molecule has 2 aliphatic rings. The molecule has 5 nitrogen and oxygen atoms in total. The Balaban J connectivity index is 1.20. The molecule has 3 heterocycles. The first kappa shape index (κ1) is 19.0. The van der Waals surface area contributed by atoms with E-state index in [1.807, 2.05) is 11.3 Å². The van der Waals surface area contributed by atoms with Gasteiger partial charge in [0.1, 0.15) is 16.5 Å². The molecular weight excluding hydrogens is 378 g/mol. The normalized spacial score (nSPS) is 18.2. The molecule has 0 bridgehead atoms. The minimum Gasteiger partial charge on any atom is -0.383 e. The van der Waals surface area contributed by atoms with Crippen LogP contribution in [0.1, 0.15) is 34.7 Å². The van der Waals surface area contributed by atoms with Gasteiger partial charge in [0.25, 0.3) is 0 Å². The van der Waals surface area contributed by atoms with Crippen LogP contribution < -0.4 is 5.73 Å². The summed E-state index contributed by atoms with van der Waals surface area (Å²) in [6, 6.07) is 10.8. The maximum absolute atomic E-state index is 6.38. The van der Waals surface area contributed by atoms with Crippen LogP contribution >= 0.6 is 11.3 Å². The van der Waals surface area contributed by atoms with Gasteiger partial charge < -0.3 is 10.6 Å². The minimum atomic E-state index is 0.686. The van der Waals surface area contributed by atoms with Gasteiger partial charge in [0, 0.05) is 37.6 Å². The molecule has 6 heteroatoms. The van der Waals surface area contributed by atoms with Crippen molar-refractivity contribution >= 4 is 27.4 Å². The smallest absolute Gasteiger partial charge is 0.146 e. The topological polar surface area (TPSA) is 58.3 Å². The van der Waals surface area contributed by atoms with Gasteiger partial charge in [0.15, 0.2) is 0 Å². The predicted molar refractivity (Wildman–Crippen MR) is 120 cm³/mol. The zero-order valence-electron chi connectivity index (χ0n) is 16.9. The lowest BCUT2D eigenvalue weighted by molar-refractivity contribution is 0.126. The van der Waals surface area contributed by atoms with E-state index in [0.29, 0.717) is 5.82 Å². The molecule has 0 spiro atoms. The average Bonchev–Trinajstić information content (AvgIpc) is 3.13. The number of rotatable bonds is 5. The molecule has 2 N–H and O–H groups in total. The summed E-state index contributed by atoms with van der Waals surface area (Å²) in [5, 5.41) is 1.14. The Kier molecular flexibility index (Phi) is 5.48. The van der Waals surface area contributed by atoms with E-state index in [2.05, 4.69) is 45.1 Å². The van der Waals surface area contributed by atoms with Crippen LogP contribution in [0.25, 0.3) is 10.2 Å². The molecule has 2 aromatic heterocycles. The van der Waals surface area contributed by atoms with Crippen LogP contribution in [0.4, 0.5) is 5.82 Å². The van der Waals surface area contributed by atoms with Gasteiger partial charge in [-0.3, -0.25) is 4.90 Å². The number of aryl methyl sites for hydroxylation is 2. The predicted octanol–water partition coefficient (Wildman–Crippen LogP) is 3.51. The van der Waals surface area contributed by atoms with Crippen molar-refractivity contribution in [1.29, 1.82) is 0 Å². The molecule has 1 aliphatic heterocycles. The van der Waals surface area contributed by atoms with Gasteiger partial charge in [-0.05, 0) is 43.2 Å². The number of nitrogen functional groups attached to an aromatic ring is 1. The van der Waals surface area contributed by atoms with Crippen LogP contribution in [0, 0.1) is 0 Å². The van der Waals surface area contributed by atoms with Crippen molar-refractivity contribution < 1.29 is 0 Å². The van der Waals surface area contributed by atoms with Crippen molar-refractivity contribution in [2.24, 2.45) is 0 Å². The van der Waals surface area contributed by atoms with E-state index in [0.717, 1.165) is 68.2 Å². The highest BCUT2D eigenvalue weighted by Crippen LogP contribution is 2.37. The van der Waals surface area contributed by atoms with Gasteiger partial charge in [0.2, 0.25) is 0 Å². The van der Waals surface area contributed by atoms with E-state index >= 15 is 0 Å². The lowest BCUT2D eigenvalue weighted by Gasteiger charge is -2.34. The summed E-state index contributed by atoms with van der Waals surface area (Å²) < 4.78 is 0. The first-order valence-electron chi connectivity index (χ1n) is 10.8. The molecule has 1 fully saturated rings. The fourth-order valence-corrected chi connectivity index (χ4v) is 5.89. The zero-order valence-corrected chi connectivity index (χ0v) is 17.8. The van der Waals surface area contributed by atoms with Crippen LogP contribution in [0.3, 0.4) is 0 Å². The molecule has 0 saturated carbocycles. The van der Waals surface area contributed by atoms with Gasteiger partial charge in [-0.2, -0.15) is 0 Å². The van der Waals surface area contributed by atoms with E-state index in [4.69, 9.17) is 10.7 Å². The van der Waals surface area contributed by atoms with E-state index in [1.54, 1.807) is 0 Å². The van der Waals surface area contributed by atoms with Crippen molar-refractivity contribution in [3.63, 3.8) is 0 Å². The van der Waals surface area contributed by atoms with E-state index < -0.39 is 0 Å².